The summed E-state index contributed by atoms with van der Waals surface area (Å²) >= 11 is 0. The molecule has 3 atom stereocenters. The van der Waals surface area contributed by atoms with Crippen LogP contribution in [0.3, 0.4) is 0 Å². The number of allylic oxidation sites excluding steroid dienone is 12. The van der Waals surface area contributed by atoms with Crippen molar-refractivity contribution >= 4 is 16.3 Å². The molecule has 0 spiro atoms. The van der Waals surface area contributed by atoms with Crippen LogP contribution in [0.25, 0.3) is 61.4 Å². The molecule has 3 heterocycles. The second kappa shape index (κ2) is 14.7. The van der Waals surface area contributed by atoms with E-state index in [1.54, 1.807) is 0 Å². The Hall–Kier alpha value is -7.04. The Morgan fingerprint density at radius 3 is 1.77 bits per heavy atom. The van der Waals surface area contributed by atoms with Crippen LogP contribution < -0.4 is 0 Å². The van der Waals surface area contributed by atoms with Gasteiger partial charge in [-0.2, -0.15) is 0 Å². The Morgan fingerprint density at radius 1 is 0.518 bits per heavy atom. The summed E-state index contributed by atoms with van der Waals surface area (Å²) in [4.78, 5) is 19.9. The van der Waals surface area contributed by atoms with Crippen molar-refractivity contribution in [2.75, 3.05) is 0 Å². The zero-order chi connectivity index (χ0) is 37.3. The lowest BCUT2D eigenvalue weighted by molar-refractivity contribution is 0.619. The number of nitrogens with zero attached hydrogens (tertiary/aromatic N) is 4. The van der Waals surface area contributed by atoms with Crippen molar-refractivity contribution < 1.29 is 0 Å². The van der Waals surface area contributed by atoms with Gasteiger partial charge >= 0.3 is 0 Å². The summed E-state index contributed by atoms with van der Waals surface area (Å²) in [6.45, 7) is 0. The van der Waals surface area contributed by atoms with E-state index in [-0.39, 0.29) is 5.92 Å². The molecule has 0 amide bonds. The summed E-state index contributed by atoms with van der Waals surface area (Å²) in [6.07, 6.45) is 25.2. The topological polar surface area (TPSA) is 51.6 Å². The van der Waals surface area contributed by atoms with Gasteiger partial charge in [-0.25, -0.2) is 9.97 Å². The maximum Gasteiger partial charge on any atom is 0.160 e. The van der Waals surface area contributed by atoms with Crippen LogP contribution in [0.15, 0.2) is 212 Å². The van der Waals surface area contributed by atoms with Gasteiger partial charge in [-0.15, -0.1) is 0 Å². The van der Waals surface area contributed by atoms with Crippen molar-refractivity contribution in [1.82, 2.24) is 19.9 Å². The van der Waals surface area contributed by atoms with E-state index in [0.717, 1.165) is 57.0 Å². The Labute approximate surface area is 327 Å². The highest BCUT2D eigenvalue weighted by Crippen LogP contribution is 2.44. The van der Waals surface area contributed by atoms with E-state index in [2.05, 4.69) is 162 Å². The first-order valence-corrected chi connectivity index (χ1v) is 19.3. The van der Waals surface area contributed by atoms with Crippen LogP contribution in [0.1, 0.15) is 23.7 Å². The molecule has 3 unspecified atom stereocenters. The molecule has 3 aliphatic carbocycles. The fraction of sp³-hybridized carbons (Fsp3) is 0.0769. The molecule has 0 fully saturated rings. The van der Waals surface area contributed by atoms with Gasteiger partial charge in [0.15, 0.2) is 5.82 Å². The second-order valence-corrected chi connectivity index (χ2v) is 14.6. The fourth-order valence-electron chi connectivity index (χ4n) is 8.32. The molecule has 4 heteroatoms. The van der Waals surface area contributed by atoms with Crippen molar-refractivity contribution in [3.63, 3.8) is 0 Å². The smallest absolute Gasteiger partial charge is 0.160 e. The number of hydrogen-bond donors (Lipinski definition) is 0. The Bertz CT molecular complexity index is 2650. The van der Waals surface area contributed by atoms with Crippen LogP contribution in [0.2, 0.25) is 0 Å². The van der Waals surface area contributed by atoms with Crippen molar-refractivity contribution in [3.05, 3.63) is 223 Å². The van der Waals surface area contributed by atoms with Gasteiger partial charge in [0.05, 0.1) is 22.8 Å². The maximum absolute atomic E-state index is 5.36. The lowest BCUT2D eigenvalue weighted by Gasteiger charge is -2.32. The predicted molar refractivity (Wildman–Crippen MR) is 229 cm³/mol. The largest absolute Gasteiger partial charge is 0.256 e. The van der Waals surface area contributed by atoms with Gasteiger partial charge < -0.3 is 0 Å². The Kier molecular flexibility index (Phi) is 8.77. The van der Waals surface area contributed by atoms with E-state index < -0.39 is 0 Å². The third kappa shape index (κ3) is 6.56. The SMILES string of the molecule is C1=CC2C=CC=C(C3=CC(c4nc(-c5ccc(-c6ccccn6)cc5)cc(-c5ccc(-c6ccccn6)cc5)n4)=CC(c4cccc5ccccc45)C3)C2C=C1. The first kappa shape index (κ1) is 33.5. The lowest BCUT2D eigenvalue weighted by atomic mass is 9.72. The molecular weight excluding hydrogens is 681 g/mol. The fourth-order valence-corrected chi connectivity index (χ4v) is 8.32. The number of benzene rings is 4. The quantitative estimate of drug-likeness (QED) is 0.165. The second-order valence-electron chi connectivity index (χ2n) is 14.6. The van der Waals surface area contributed by atoms with Crippen LogP contribution >= 0.6 is 0 Å². The molecule has 0 aliphatic heterocycles. The first-order chi connectivity index (χ1) is 27.7. The van der Waals surface area contributed by atoms with E-state index in [0.29, 0.717) is 17.7 Å². The Morgan fingerprint density at radius 2 is 1.11 bits per heavy atom. The highest BCUT2D eigenvalue weighted by molar-refractivity contribution is 5.88. The normalized spacial score (nSPS) is 18.6. The van der Waals surface area contributed by atoms with Gasteiger partial charge in [0.2, 0.25) is 0 Å². The maximum atomic E-state index is 5.36. The highest BCUT2D eigenvalue weighted by Gasteiger charge is 2.29. The number of rotatable bonds is 7. The number of hydrogen-bond acceptors (Lipinski definition) is 4. The van der Waals surface area contributed by atoms with E-state index in [9.17, 15) is 0 Å². The van der Waals surface area contributed by atoms with Gasteiger partial charge in [0.25, 0.3) is 0 Å². The summed E-state index contributed by atoms with van der Waals surface area (Å²) in [7, 11) is 0. The van der Waals surface area contributed by atoms with E-state index >= 15 is 0 Å². The molecule has 0 saturated carbocycles. The molecule has 7 aromatic rings. The minimum absolute atomic E-state index is 0.135. The van der Waals surface area contributed by atoms with Gasteiger partial charge in [-0.05, 0) is 70.3 Å². The minimum atomic E-state index is 0.135. The van der Waals surface area contributed by atoms with Crippen LogP contribution in [0.5, 0.6) is 0 Å². The molecule has 0 bridgehead atoms. The average Bonchev–Trinajstić information content (AvgIpc) is 3.29. The molecular formula is C52H38N4. The third-order valence-corrected chi connectivity index (χ3v) is 11.2. The van der Waals surface area contributed by atoms with Crippen molar-refractivity contribution in [2.24, 2.45) is 11.8 Å². The van der Waals surface area contributed by atoms with Gasteiger partial charge in [0, 0.05) is 58.0 Å². The molecule has 0 N–H and O–H groups in total. The molecule has 3 aliphatic rings. The number of pyridine rings is 2. The highest BCUT2D eigenvalue weighted by atomic mass is 14.9. The number of fused-ring (bicyclic) bond motifs is 2. The third-order valence-electron chi connectivity index (χ3n) is 11.2. The summed E-state index contributed by atoms with van der Waals surface area (Å²) in [6, 6.07) is 46.6. The number of aromatic nitrogens is 4. The van der Waals surface area contributed by atoms with Crippen LogP contribution in [-0.4, -0.2) is 19.9 Å². The van der Waals surface area contributed by atoms with Crippen LogP contribution in [-0.2, 0) is 0 Å². The van der Waals surface area contributed by atoms with Gasteiger partial charge in [-0.3, -0.25) is 9.97 Å². The zero-order valence-corrected chi connectivity index (χ0v) is 30.8. The van der Waals surface area contributed by atoms with Crippen molar-refractivity contribution in [2.45, 2.75) is 12.3 Å². The summed E-state index contributed by atoms with van der Waals surface area (Å²) in [5.74, 6) is 1.49. The molecule has 4 nitrogen and oxygen atoms in total. The molecule has 3 aromatic heterocycles. The van der Waals surface area contributed by atoms with Gasteiger partial charge in [-0.1, -0.05) is 152 Å². The van der Waals surface area contributed by atoms with Crippen molar-refractivity contribution in [3.8, 4) is 45.0 Å². The predicted octanol–water partition coefficient (Wildman–Crippen LogP) is 12.4. The van der Waals surface area contributed by atoms with Crippen LogP contribution in [0.4, 0.5) is 0 Å². The first-order valence-electron chi connectivity index (χ1n) is 19.3. The Balaban J connectivity index is 1.13. The van der Waals surface area contributed by atoms with E-state index in [4.69, 9.17) is 9.97 Å². The summed E-state index contributed by atoms with van der Waals surface area (Å²) in [5, 5.41) is 2.53. The summed E-state index contributed by atoms with van der Waals surface area (Å²) in [5.41, 5.74) is 12.8. The molecule has 0 saturated heterocycles. The molecule has 4 aromatic carbocycles. The van der Waals surface area contributed by atoms with E-state index in [1.807, 2.05) is 48.8 Å². The van der Waals surface area contributed by atoms with E-state index in [1.165, 1.54) is 27.5 Å². The standard InChI is InChI=1S/C52H38N4/c1-3-15-44-35(11-1)13-9-17-46(44)41-31-42(47-18-10-14-36-12-2-4-16-45(36)47)33-43(32-41)52-55-50(39-25-21-37(22-26-39)48-19-5-7-29-53-48)34-51(56-52)40-27-23-38(24-28-40)49-20-6-8-30-54-49/h1-30,32-35,42,44H,31H2. The molecule has 0 radical (unpaired) electrons. The van der Waals surface area contributed by atoms with Crippen LogP contribution in [0, 0.1) is 11.8 Å². The van der Waals surface area contributed by atoms with Gasteiger partial charge in [0.1, 0.15) is 0 Å². The lowest BCUT2D eigenvalue weighted by Crippen LogP contribution is -2.19. The molecule has 266 valence electrons. The molecule has 10 rings (SSSR count). The summed E-state index contributed by atoms with van der Waals surface area (Å²) < 4.78 is 0. The van der Waals surface area contributed by atoms with Crippen molar-refractivity contribution in [1.29, 1.82) is 0 Å². The molecule has 56 heavy (non-hydrogen) atoms. The average molecular weight is 719 g/mol. The minimum Gasteiger partial charge on any atom is -0.256 e. The zero-order valence-electron chi connectivity index (χ0n) is 30.8. The monoisotopic (exact) mass is 718 g/mol.